The van der Waals surface area contributed by atoms with Crippen molar-refractivity contribution in [1.82, 2.24) is 0 Å². The van der Waals surface area contributed by atoms with Crippen LogP contribution in [0.2, 0.25) is 0 Å². The van der Waals surface area contributed by atoms with Crippen molar-refractivity contribution in [3.05, 3.63) is 169 Å². The lowest BCUT2D eigenvalue weighted by atomic mass is 9.84. The number of rotatable bonds is 4. The third kappa shape index (κ3) is 4.17. The lowest BCUT2D eigenvalue weighted by Gasteiger charge is -2.18. The van der Waals surface area contributed by atoms with Crippen LogP contribution in [-0.2, 0) is 0 Å². The van der Waals surface area contributed by atoms with Crippen LogP contribution in [0.25, 0.3) is 88.0 Å². The average Bonchev–Trinajstić information content (AvgIpc) is 3.71. The summed E-state index contributed by atoms with van der Waals surface area (Å²) in [4.78, 5) is 0. The van der Waals surface area contributed by atoms with Crippen LogP contribution in [0.15, 0.2) is 174 Å². The van der Waals surface area contributed by atoms with Gasteiger partial charge in [-0.1, -0.05) is 151 Å². The molecule has 1 nitrogen and oxygen atoms in total. The monoisotopic (exact) mass is 595 g/mol. The van der Waals surface area contributed by atoms with E-state index in [1.165, 1.54) is 0 Å². The predicted octanol–water partition coefficient (Wildman–Crippen LogP) is 12.6. The highest BCUT2D eigenvalue weighted by Gasteiger charge is 2.24. The molecule has 1 heteroatoms. The summed E-state index contributed by atoms with van der Waals surface area (Å²) in [5.41, 5.74) is -3.88. The zero-order valence-corrected chi connectivity index (χ0v) is 22.8. The molecular formula is C44H28O. The fourth-order valence-corrected chi connectivity index (χ4v) is 5.49. The fraction of sp³-hybridized carbons (Fsp3) is 0. The maximum atomic E-state index is 9.65. The van der Waals surface area contributed by atoms with Crippen LogP contribution in [-0.4, -0.2) is 0 Å². The molecule has 1 aromatic heterocycles. The Balaban J connectivity index is 1.66. The molecule has 0 radical (unpaired) electrons. The van der Waals surface area contributed by atoms with Gasteiger partial charge in [0.05, 0.1) is 31.5 Å². The molecule has 0 saturated carbocycles. The SMILES string of the molecule is [2H]c1c([2H])c([2H])c(-c2c([2H])c([2H])c3c(-c4c5c([2H])c([2H])c([2H])c([2H])c5c(-c5ccccc5)c5c([2H])c([2H])c([2H])c([2H])c45)c(-c4c([2H])c([2H])c5c([2H])c([2H])c([2H])c([2H])c5c4[2H])oc3c2[2H])c([2H])c1[2H]. The minimum absolute atomic E-state index is 0.0814. The molecule has 9 rings (SSSR count). The Kier molecular flexibility index (Phi) is 2.66. The van der Waals surface area contributed by atoms with E-state index in [9.17, 15) is 12.3 Å². The van der Waals surface area contributed by atoms with E-state index in [0.717, 1.165) is 0 Å². The van der Waals surface area contributed by atoms with E-state index in [4.69, 9.17) is 23.6 Å². The van der Waals surface area contributed by atoms with Crippen LogP contribution in [0.5, 0.6) is 0 Å². The number of fused-ring (bicyclic) bond motifs is 4. The zero-order chi connectivity index (χ0) is 49.8. The molecule has 0 bridgehead atoms. The van der Waals surface area contributed by atoms with Gasteiger partial charge in [0, 0.05) is 22.1 Å². The zero-order valence-electron chi connectivity index (χ0n) is 45.8. The Bertz CT molecular complexity index is 3710. The molecule has 0 aliphatic heterocycles. The van der Waals surface area contributed by atoms with Crippen LogP contribution in [0.1, 0.15) is 31.5 Å². The van der Waals surface area contributed by atoms with Crippen molar-refractivity contribution in [2.45, 2.75) is 0 Å². The Morgan fingerprint density at radius 2 is 0.978 bits per heavy atom. The van der Waals surface area contributed by atoms with Crippen LogP contribution >= 0.6 is 0 Å². The average molecular weight is 596 g/mol. The minimum atomic E-state index is -0.945. The summed E-state index contributed by atoms with van der Waals surface area (Å²) >= 11 is 0. The fourth-order valence-electron chi connectivity index (χ4n) is 5.49. The van der Waals surface area contributed by atoms with Crippen molar-refractivity contribution in [3.63, 3.8) is 0 Å². The second-order valence-corrected chi connectivity index (χ2v) is 9.88. The largest absolute Gasteiger partial charge is 0.455 e. The third-order valence-electron chi connectivity index (χ3n) is 7.37. The van der Waals surface area contributed by atoms with E-state index in [-0.39, 0.29) is 21.9 Å². The molecule has 1 heterocycles. The molecule has 0 unspecified atom stereocenters. The number of benzene rings is 8. The van der Waals surface area contributed by atoms with Crippen LogP contribution < -0.4 is 0 Å². The lowest BCUT2D eigenvalue weighted by Crippen LogP contribution is -1.91. The van der Waals surface area contributed by atoms with Gasteiger partial charge in [-0.2, -0.15) is 0 Å². The van der Waals surface area contributed by atoms with Crippen molar-refractivity contribution in [2.24, 2.45) is 0 Å². The highest BCUT2D eigenvalue weighted by molar-refractivity contribution is 6.25. The first-order chi connectivity index (χ1) is 31.9. The summed E-state index contributed by atoms with van der Waals surface area (Å²) in [6, 6.07) is -11.2. The maximum absolute atomic E-state index is 9.65. The van der Waals surface area contributed by atoms with Gasteiger partial charge in [-0.05, 0) is 72.7 Å². The van der Waals surface area contributed by atoms with Gasteiger partial charge >= 0.3 is 0 Å². The smallest absolute Gasteiger partial charge is 0.143 e. The Morgan fingerprint density at radius 1 is 0.378 bits per heavy atom. The van der Waals surface area contributed by atoms with Gasteiger partial charge in [0.2, 0.25) is 0 Å². The molecule has 0 amide bonds. The molecule has 0 spiro atoms. The highest BCUT2D eigenvalue weighted by Crippen LogP contribution is 2.50. The highest BCUT2D eigenvalue weighted by atomic mass is 16.3. The second kappa shape index (κ2) is 10.4. The van der Waals surface area contributed by atoms with Crippen molar-refractivity contribution in [3.8, 4) is 44.7 Å². The molecule has 0 atom stereocenters. The molecule has 0 aliphatic rings. The van der Waals surface area contributed by atoms with Gasteiger partial charge < -0.3 is 4.42 Å². The molecule has 0 fully saturated rings. The molecule has 0 N–H and O–H groups in total. The van der Waals surface area contributed by atoms with Gasteiger partial charge in [-0.15, -0.1) is 0 Å². The standard InChI is InChI=1S/C44H28O/c1-3-13-29(14-4-1)33-25-26-39-40(28-33)45-44(34-24-23-30-15-7-8-18-32(30)27-34)43(39)42-37-21-11-9-19-35(37)41(31-16-5-2-6-17-31)36-20-10-12-22-38(36)42/h1-28H/i1D,3D,4D,7D,8D,9D,10D,11D,12D,13D,14D,15D,18D,19D,20D,21D,22D,23D,24D,25D,26D,27D,28D. The number of furan rings is 1. The van der Waals surface area contributed by atoms with Gasteiger partial charge in [-0.25, -0.2) is 0 Å². The van der Waals surface area contributed by atoms with Gasteiger partial charge in [-0.3, -0.25) is 0 Å². The molecule has 0 aliphatic carbocycles. The maximum Gasteiger partial charge on any atom is 0.143 e. The summed E-state index contributed by atoms with van der Waals surface area (Å²) < 4.78 is 213. The molecule has 9 aromatic rings. The second-order valence-electron chi connectivity index (χ2n) is 9.88. The molecule has 45 heavy (non-hydrogen) atoms. The quantitative estimate of drug-likeness (QED) is 0.184. The summed E-state index contributed by atoms with van der Waals surface area (Å²) in [5.74, 6) is -0.785. The van der Waals surface area contributed by atoms with E-state index < -0.39 is 205 Å². The summed E-state index contributed by atoms with van der Waals surface area (Å²) in [7, 11) is 0. The Morgan fingerprint density at radius 3 is 1.69 bits per heavy atom. The van der Waals surface area contributed by atoms with Crippen molar-refractivity contribution < 1.29 is 35.9 Å². The van der Waals surface area contributed by atoms with Crippen molar-refractivity contribution >= 4 is 43.3 Å². The van der Waals surface area contributed by atoms with E-state index >= 15 is 0 Å². The minimum Gasteiger partial charge on any atom is -0.455 e. The first kappa shape index (κ1) is 11.5. The van der Waals surface area contributed by atoms with E-state index in [1.807, 2.05) is 0 Å². The van der Waals surface area contributed by atoms with E-state index in [0.29, 0.717) is 0 Å². The molecule has 8 aromatic carbocycles. The van der Waals surface area contributed by atoms with Gasteiger partial charge in [0.25, 0.3) is 0 Å². The normalized spacial score (nSPS) is 18.7. The summed E-state index contributed by atoms with van der Waals surface area (Å²) in [5, 5.41) is -3.30. The van der Waals surface area contributed by atoms with E-state index in [1.54, 1.807) is 30.3 Å². The number of hydrogen-bond donors (Lipinski definition) is 0. The van der Waals surface area contributed by atoms with Crippen LogP contribution in [0.3, 0.4) is 0 Å². The van der Waals surface area contributed by atoms with Crippen LogP contribution in [0, 0.1) is 0 Å². The Labute approximate surface area is 293 Å². The number of hydrogen-bond acceptors (Lipinski definition) is 1. The molecule has 0 saturated heterocycles. The topological polar surface area (TPSA) is 13.1 Å². The molecular weight excluding hydrogens is 544 g/mol. The van der Waals surface area contributed by atoms with Crippen molar-refractivity contribution in [2.75, 3.05) is 0 Å². The lowest BCUT2D eigenvalue weighted by molar-refractivity contribution is 0.633. The Hall–Kier alpha value is -5.92. The first-order valence-electron chi connectivity index (χ1n) is 25.1. The van der Waals surface area contributed by atoms with Gasteiger partial charge in [0.15, 0.2) is 0 Å². The van der Waals surface area contributed by atoms with E-state index in [2.05, 4.69) is 0 Å². The third-order valence-corrected chi connectivity index (χ3v) is 7.37. The summed E-state index contributed by atoms with van der Waals surface area (Å²) in [6.45, 7) is 0. The first-order valence-corrected chi connectivity index (χ1v) is 13.6. The molecule has 210 valence electrons. The summed E-state index contributed by atoms with van der Waals surface area (Å²) in [6.07, 6.45) is 0. The van der Waals surface area contributed by atoms with Crippen molar-refractivity contribution in [1.29, 1.82) is 0 Å². The van der Waals surface area contributed by atoms with Crippen LogP contribution in [0.4, 0.5) is 0 Å². The predicted molar refractivity (Wildman–Crippen MR) is 190 cm³/mol. The van der Waals surface area contributed by atoms with Gasteiger partial charge in [0.1, 0.15) is 11.3 Å².